The topological polar surface area (TPSA) is 62.7 Å². The Bertz CT molecular complexity index is 942. The van der Waals surface area contributed by atoms with E-state index in [9.17, 15) is 9.59 Å². The minimum atomic E-state index is -0.220. The Labute approximate surface area is 171 Å². The highest BCUT2D eigenvalue weighted by Gasteiger charge is 2.50. The summed E-state index contributed by atoms with van der Waals surface area (Å²) in [4.78, 5) is 33.3. The fourth-order valence-electron chi connectivity index (χ4n) is 4.69. The lowest BCUT2D eigenvalue weighted by Crippen LogP contribution is -2.48. The van der Waals surface area contributed by atoms with Crippen LogP contribution in [-0.4, -0.2) is 52.0 Å². The lowest BCUT2D eigenvalue weighted by Gasteiger charge is -2.37. The van der Waals surface area contributed by atoms with Crippen molar-refractivity contribution in [2.24, 2.45) is 0 Å². The molecule has 0 N–H and O–H groups in total. The molecule has 3 aliphatic rings. The van der Waals surface area contributed by atoms with E-state index in [4.69, 9.17) is 4.74 Å². The maximum absolute atomic E-state index is 12.7. The van der Waals surface area contributed by atoms with Gasteiger partial charge in [0.2, 0.25) is 0 Å². The molecule has 0 saturated carbocycles. The number of carbonyl (C=O) groups is 2. The Balaban J connectivity index is 1.30. The third kappa shape index (κ3) is 2.89. The quantitative estimate of drug-likeness (QED) is 0.668. The predicted molar refractivity (Wildman–Crippen MR) is 106 cm³/mol. The lowest BCUT2D eigenvalue weighted by molar-refractivity contribution is 0.0630. The molecule has 2 atom stereocenters. The summed E-state index contributed by atoms with van der Waals surface area (Å²) in [7, 11) is 0. The first-order valence-corrected chi connectivity index (χ1v) is 10.4. The molecule has 3 heterocycles. The first kappa shape index (κ1) is 17.7. The maximum Gasteiger partial charge on any atom is 0.411 e. The number of ether oxygens (including phenoxy) is 1. The molecule has 1 aromatic heterocycles. The van der Waals surface area contributed by atoms with Gasteiger partial charge in [-0.3, -0.25) is 9.69 Å². The van der Waals surface area contributed by atoms with Crippen molar-refractivity contribution >= 4 is 27.9 Å². The van der Waals surface area contributed by atoms with Crippen LogP contribution in [0.1, 0.15) is 40.5 Å². The molecule has 2 saturated heterocycles. The molecule has 28 heavy (non-hydrogen) atoms. The molecule has 1 aliphatic carbocycles. The fourth-order valence-corrected chi connectivity index (χ4v) is 5.03. The van der Waals surface area contributed by atoms with Gasteiger partial charge in [0.1, 0.15) is 16.4 Å². The number of nitrogens with zero attached hydrogens (tertiary/aromatic N) is 3. The lowest BCUT2D eigenvalue weighted by atomic mass is 9.99. The summed E-state index contributed by atoms with van der Waals surface area (Å²) in [5.74, 6) is -0.0622. The minimum absolute atomic E-state index is 0.00250. The van der Waals surface area contributed by atoms with Crippen molar-refractivity contribution in [2.75, 3.05) is 13.1 Å². The van der Waals surface area contributed by atoms with Crippen molar-refractivity contribution in [1.82, 2.24) is 14.8 Å². The summed E-state index contributed by atoms with van der Waals surface area (Å²) in [5.41, 5.74) is 2.91. The van der Waals surface area contributed by atoms with Gasteiger partial charge in [-0.2, -0.15) is 0 Å². The molecule has 2 amide bonds. The Kier molecular flexibility index (Phi) is 4.34. The Morgan fingerprint density at radius 3 is 2.68 bits per heavy atom. The first-order chi connectivity index (χ1) is 13.6. The Morgan fingerprint density at radius 2 is 1.89 bits per heavy atom. The van der Waals surface area contributed by atoms with Crippen LogP contribution in [0.25, 0.3) is 0 Å². The summed E-state index contributed by atoms with van der Waals surface area (Å²) in [6.45, 7) is 1.22. The molecule has 0 bridgehead atoms. The number of rotatable bonds is 2. The van der Waals surface area contributed by atoms with Gasteiger partial charge in [0, 0.05) is 25.6 Å². The molecule has 7 heteroatoms. The summed E-state index contributed by atoms with van der Waals surface area (Å²) >= 11 is 3.31. The molecular weight excluding hydrogens is 422 g/mol. The van der Waals surface area contributed by atoms with Crippen LogP contribution in [0.3, 0.4) is 0 Å². The van der Waals surface area contributed by atoms with E-state index in [-0.39, 0.29) is 30.2 Å². The molecule has 6 nitrogen and oxygen atoms in total. The monoisotopic (exact) mass is 441 g/mol. The average Bonchev–Trinajstić information content (AvgIpc) is 3.22. The van der Waals surface area contributed by atoms with Crippen molar-refractivity contribution in [3.8, 4) is 0 Å². The van der Waals surface area contributed by atoms with Crippen LogP contribution in [0.2, 0.25) is 0 Å². The van der Waals surface area contributed by atoms with Crippen molar-refractivity contribution in [2.45, 2.75) is 37.5 Å². The number of likely N-dealkylation sites (tertiary alicyclic amines) is 1. The molecule has 5 rings (SSSR count). The summed E-state index contributed by atoms with van der Waals surface area (Å²) in [5, 5.41) is 0. The van der Waals surface area contributed by atoms with Crippen LogP contribution >= 0.6 is 15.9 Å². The van der Waals surface area contributed by atoms with Gasteiger partial charge in [0.15, 0.2) is 0 Å². The third-order valence-corrected chi connectivity index (χ3v) is 6.43. The molecule has 1 aromatic carbocycles. The Hall–Kier alpha value is -2.41. The van der Waals surface area contributed by atoms with Crippen LogP contribution in [0, 0.1) is 0 Å². The molecular formula is C21H20BrN3O3. The van der Waals surface area contributed by atoms with Gasteiger partial charge < -0.3 is 9.64 Å². The zero-order valence-corrected chi connectivity index (χ0v) is 16.8. The fraction of sp³-hybridized carbons (Fsp3) is 0.381. The SMILES string of the molecule is O=C(c1cccc(Br)n1)N1CCC(N2C(=O)OC3Cc4ccccc4C32)CC1. The smallest absolute Gasteiger partial charge is 0.411 e. The second-order valence-corrected chi connectivity index (χ2v) is 8.36. The second-order valence-electron chi connectivity index (χ2n) is 7.55. The van der Waals surface area contributed by atoms with Crippen molar-refractivity contribution in [1.29, 1.82) is 0 Å². The number of fused-ring (bicyclic) bond motifs is 3. The summed E-state index contributed by atoms with van der Waals surface area (Å²) in [6, 6.07) is 13.7. The largest absolute Gasteiger partial charge is 0.443 e. The van der Waals surface area contributed by atoms with E-state index >= 15 is 0 Å². The number of benzene rings is 1. The Morgan fingerprint density at radius 1 is 1.11 bits per heavy atom. The van der Waals surface area contributed by atoms with Crippen LogP contribution in [0.5, 0.6) is 0 Å². The van der Waals surface area contributed by atoms with E-state index in [1.807, 2.05) is 28.0 Å². The minimum Gasteiger partial charge on any atom is -0.443 e. The van der Waals surface area contributed by atoms with Crippen molar-refractivity contribution < 1.29 is 14.3 Å². The van der Waals surface area contributed by atoms with Gasteiger partial charge in [-0.15, -0.1) is 0 Å². The van der Waals surface area contributed by atoms with Gasteiger partial charge in [-0.05, 0) is 52.0 Å². The number of aromatic nitrogens is 1. The van der Waals surface area contributed by atoms with Gasteiger partial charge >= 0.3 is 6.09 Å². The maximum atomic E-state index is 12.7. The molecule has 2 fully saturated rings. The van der Waals surface area contributed by atoms with Crippen LogP contribution in [0.15, 0.2) is 47.1 Å². The standard InChI is InChI=1S/C21H20BrN3O3/c22-18-7-3-6-16(23-18)20(26)24-10-8-14(9-11-24)25-19-15-5-2-1-4-13(15)12-17(19)28-21(25)27/h1-7,14,17,19H,8-12H2. The molecule has 2 aromatic rings. The van der Waals surface area contributed by atoms with Crippen molar-refractivity contribution in [3.63, 3.8) is 0 Å². The van der Waals surface area contributed by atoms with E-state index in [0.717, 1.165) is 19.3 Å². The molecule has 2 unspecified atom stereocenters. The average molecular weight is 442 g/mol. The van der Waals surface area contributed by atoms with E-state index < -0.39 is 0 Å². The van der Waals surface area contributed by atoms with Gasteiger partial charge in [-0.1, -0.05) is 30.3 Å². The molecule has 2 aliphatic heterocycles. The van der Waals surface area contributed by atoms with Gasteiger partial charge in [0.05, 0.1) is 6.04 Å². The summed E-state index contributed by atoms with van der Waals surface area (Å²) < 4.78 is 6.33. The van der Waals surface area contributed by atoms with E-state index in [2.05, 4.69) is 33.0 Å². The highest BCUT2D eigenvalue weighted by Crippen LogP contribution is 2.44. The van der Waals surface area contributed by atoms with Crippen LogP contribution in [0.4, 0.5) is 4.79 Å². The van der Waals surface area contributed by atoms with Crippen LogP contribution in [-0.2, 0) is 11.2 Å². The predicted octanol–water partition coefficient (Wildman–Crippen LogP) is 3.57. The first-order valence-electron chi connectivity index (χ1n) is 9.60. The second kappa shape index (κ2) is 6.88. The molecule has 144 valence electrons. The number of carbonyl (C=O) groups excluding carboxylic acids is 2. The number of pyridine rings is 1. The highest BCUT2D eigenvalue weighted by molar-refractivity contribution is 9.10. The molecule has 0 spiro atoms. The normalized spacial score (nSPS) is 24.1. The van der Waals surface area contributed by atoms with Crippen molar-refractivity contribution in [3.05, 3.63) is 63.9 Å². The number of hydrogen-bond donors (Lipinski definition) is 0. The van der Waals surface area contributed by atoms with Gasteiger partial charge in [-0.25, -0.2) is 9.78 Å². The van der Waals surface area contributed by atoms with Gasteiger partial charge in [0.25, 0.3) is 5.91 Å². The van der Waals surface area contributed by atoms with E-state index in [0.29, 0.717) is 23.4 Å². The zero-order chi connectivity index (χ0) is 19.3. The number of piperidine rings is 1. The van der Waals surface area contributed by atoms with Crippen LogP contribution < -0.4 is 0 Å². The third-order valence-electron chi connectivity index (χ3n) is 5.99. The highest BCUT2D eigenvalue weighted by atomic mass is 79.9. The number of hydrogen-bond acceptors (Lipinski definition) is 4. The zero-order valence-electron chi connectivity index (χ0n) is 15.3. The van der Waals surface area contributed by atoms with E-state index in [1.54, 1.807) is 12.1 Å². The number of halogens is 1. The molecule has 0 radical (unpaired) electrons. The number of amides is 2. The van der Waals surface area contributed by atoms with E-state index in [1.165, 1.54) is 11.1 Å². The summed E-state index contributed by atoms with van der Waals surface area (Å²) in [6.07, 6.45) is 1.98.